The fourth-order valence-electron chi connectivity index (χ4n) is 1.39. The summed E-state index contributed by atoms with van der Waals surface area (Å²) >= 11 is 5.48. The van der Waals surface area contributed by atoms with Gasteiger partial charge in [0, 0.05) is 11.4 Å². The van der Waals surface area contributed by atoms with E-state index in [0.717, 1.165) is 5.56 Å². The zero-order valence-corrected chi connectivity index (χ0v) is 8.16. The van der Waals surface area contributed by atoms with E-state index in [1.807, 2.05) is 12.1 Å². The van der Waals surface area contributed by atoms with Crippen LogP contribution < -0.4 is 0 Å². The SMILES string of the molecule is O=C1OC(OCCCl)c2ccccc21. The number of hydrogen-bond donors (Lipinski definition) is 0. The van der Waals surface area contributed by atoms with Crippen LogP contribution in [0.15, 0.2) is 24.3 Å². The molecular formula is C10H9ClO3. The molecule has 0 spiro atoms. The first-order valence-corrected chi connectivity index (χ1v) is 4.84. The molecule has 1 atom stereocenters. The van der Waals surface area contributed by atoms with Crippen molar-refractivity contribution in [3.63, 3.8) is 0 Å². The van der Waals surface area contributed by atoms with Crippen LogP contribution in [0.3, 0.4) is 0 Å². The van der Waals surface area contributed by atoms with Gasteiger partial charge in [0.05, 0.1) is 12.2 Å². The second-order valence-electron chi connectivity index (χ2n) is 2.88. The van der Waals surface area contributed by atoms with Gasteiger partial charge in [0.2, 0.25) is 6.29 Å². The first-order valence-electron chi connectivity index (χ1n) is 4.30. The number of halogens is 1. The minimum Gasteiger partial charge on any atom is -0.428 e. The second-order valence-corrected chi connectivity index (χ2v) is 3.26. The van der Waals surface area contributed by atoms with Crippen molar-refractivity contribution in [1.82, 2.24) is 0 Å². The lowest BCUT2D eigenvalue weighted by Gasteiger charge is -2.09. The van der Waals surface area contributed by atoms with Crippen molar-refractivity contribution >= 4 is 17.6 Å². The van der Waals surface area contributed by atoms with E-state index in [-0.39, 0.29) is 5.97 Å². The summed E-state index contributed by atoms with van der Waals surface area (Å²) in [6, 6.07) is 7.18. The minimum atomic E-state index is -0.586. The van der Waals surface area contributed by atoms with E-state index in [1.54, 1.807) is 12.1 Å². The molecule has 3 nitrogen and oxygen atoms in total. The third-order valence-electron chi connectivity index (χ3n) is 2.00. The highest BCUT2D eigenvalue weighted by atomic mass is 35.5. The molecule has 1 aliphatic rings. The van der Waals surface area contributed by atoms with Gasteiger partial charge in [-0.05, 0) is 6.07 Å². The number of ether oxygens (including phenoxy) is 2. The normalized spacial score (nSPS) is 19.2. The van der Waals surface area contributed by atoms with E-state index in [0.29, 0.717) is 18.1 Å². The molecule has 0 bridgehead atoms. The molecule has 0 N–H and O–H groups in total. The molecule has 4 heteroatoms. The summed E-state index contributed by atoms with van der Waals surface area (Å²) in [5, 5.41) is 0. The minimum absolute atomic E-state index is 0.333. The quantitative estimate of drug-likeness (QED) is 0.569. The van der Waals surface area contributed by atoms with Gasteiger partial charge in [0.15, 0.2) is 0 Å². The molecule has 1 aromatic carbocycles. The maximum absolute atomic E-state index is 11.3. The molecule has 0 saturated heterocycles. The van der Waals surface area contributed by atoms with Gasteiger partial charge in [0.1, 0.15) is 0 Å². The molecule has 1 heterocycles. The lowest BCUT2D eigenvalue weighted by atomic mass is 10.1. The first kappa shape index (κ1) is 9.49. The molecule has 0 aromatic heterocycles. The van der Waals surface area contributed by atoms with Crippen LogP contribution in [0, 0.1) is 0 Å². The highest BCUT2D eigenvalue weighted by molar-refractivity contribution is 6.17. The fraction of sp³-hybridized carbons (Fsp3) is 0.300. The number of rotatable bonds is 3. The van der Waals surface area contributed by atoms with E-state index in [4.69, 9.17) is 21.1 Å². The van der Waals surface area contributed by atoms with Crippen LogP contribution in [0.25, 0.3) is 0 Å². The molecule has 74 valence electrons. The van der Waals surface area contributed by atoms with E-state index >= 15 is 0 Å². The Morgan fingerprint density at radius 2 is 2.21 bits per heavy atom. The molecule has 1 unspecified atom stereocenters. The third-order valence-corrected chi connectivity index (χ3v) is 2.15. The Balaban J connectivity index is 2.21. The summed E-state index contributed by atoms with van der Waals surface area (Å²) in [6.07, 6.45) is -0.586. The van der Waals surface area contributed by atoms with Crippen molar-refractivity contribution in [2.75, 3.05) is 12.5 Å². The Morgan fingerprint density at radius 1 is 1.43 bits per heavy atom. The van der Waals surface area contributed by atoms with Crippen molar-refractivity contribution in [2.24, 2.45) is 0 Å². The number of fused-ring (bicyclic) bond motifs is 1. The molecule has 1 aliphatic heterocycles. The molecule has 2 rings (SSSR count). The lowest BCUT2D eigenvalue weighted by molar-refractivity contribution is -0.0986. The summed E-state index contributed by atoms with van der Waals surface area (Å²) in [4.78, 5) is 11.3. The number of carbonyl (C=O) groups excluding carboxylic acids is 1. The van der Waals surface area contributed by atoms with Crippen molar-refractivity contribution in [3.8, 4) is 0 Å². The number of alkyl halides is 1. The maximum Gasteiger partial charge on any atom is 0.341 e. The van der Waals surface area contributed by atoms with Crippen molar-refractivity contribution in [1.29, 1.82) is 0 Å². The Labute approximate surface area is 86.6 Å². The molecule has 0 aliphatic carbocycles. The van der Waals surface area contributed by atoms with Gasteiger partial charge in [-0.2, -0.15) is 0 Å². The number of hydrogen-bond acceptors (Lipinski definition) is 3. The van der Waals surface area contributed by atoms with Gasteiger partial charge in [-0.3, -0.25) is 0 Å². The zero-order valence-electron chi connectivity index (χ0n) is 7.40. The summed E-state index contributed by atoms with van der Waals surface area (Å²) in [7, 11) is 0. The summed E-state index contributed by atoms with van der Waals surface area (Å²) in [5.74, 6) is 0.0520. The van der Waals surface area contributed by atoms with E-state index in [1.165, 1.54) is 0 Å². The van der Waals surface area contributed by atoms with Crippen LogP contribution >= 0.6 is 11.6 Å². The molecule has 0 saturated carbocycles. The topological polar surface area (TPSA) is 35.5 Å². The Bertz CT molecular complexity index is 351. The standard InChI is InChI=1S/C10H9ClO3/c11-5-6-13-10-8-4-2-1-3-7(8)9(12)14-10/h1-4,10H,5-6H2. The predicted octanol–water partition coefficient (Wildman–Crippen LogP) is 2.11. The van der Waals surface area contributed by atoms with Gasteiger partial charge in [-0.1, -0.05) is 18.2 Å². The lowest BCUT2D eigenvalue weighted by Crippen LogP contribution is -2.05. The number of benzene rings is 1. The number of esters is 1. The van der Waals surface area contributed by atoms with Crippen molar-refractivity contribution < 1.29 is 14.3 Å². The maximum atomic E-state index is 11.3. The number of carbonyl (C=O) groups is 1. The first-order chi connectivity index (χ1) is 6.83. The monoisotopic (exact) mass is 212 g/mol. The van der Waals surface area contributed by atoms with Crippen LogP contribution in [0.2, 0.25) is 0 Å². The molecular weight excluding hydrogens is 204 g/mol. The van der Waals surface area contributed by atoms with E-state index < -0.39 is 6.29 Å². The largest absolute Gasteiger partial charge is 0.428 e. The van der Waals surface area contributed by atoms with Gasteiger partial charge in [-0.15, -0.1) is 11.6 Å². The third kappa shape index (κ3) is 1.61. The molecule has 0 fully saturated rings. The molecule has 14 heavy (non-hydrogen) atoms. The smallest absolute Gasteiger partial charge is 0.341 e. The Morgan fingerprint density at radius 3 is 3.00 bits per heavy atom. The fourth-order valence-corrected chi connectivity index (χ4v) is 1.48. The molecule has 1 aromatic rings. The van der Waals surface area contributed by atoms with Crippen LogP contribution in [0.5, 0.6) is 0 Å². The predicted molar refractivity (Wildman–Crippen MR) is 51.3 cm³/mol. The summed E-state index contributed by atoms with van der Waals surface area (Å²) in [5.41, 5.74) is 1.36. The van der Waals surface area contributed by atoms with Gasteiger partial charge < -0.3 is 9.47 Å². The van der Waals surface area contributed by atoms with Gasteiger partial charge in [-0.25, -0.2) is 4.79 Å². The molecule has 0 radical (unpaired) electrons. The average molecular weight is 213 g/mol. The highest BCUT2D eigenvalue weighted by Crippen LogP contribution is 2.30. The molecule has 0 amide bonds. The zero-order chi connectivity index (χ0) is 9.97. The Kier molecular flexibility index (Phi) is 2.70. The van der Waals surface area contributed by atoms with Crippen molar-refractivity contribution in [2.45, 2.75) is 6.29 Å². The van der Waals surface area contributed by atoms with Crippen LogP contribution in [0.1, 0.15) is 22.2 Å². The highest BCUT2D eigenvalue weighted by Gasteiger charge is 2.30. The summed E-state index contributed by atoms with van der Waals surface area (Å²) in [6.45, 7) is 0.369. The van der Waals surface area contributed by atoms with Crippen LogP contribution in [-0.2, 0) is 9.47 Å². The van der Waals surface area contributed by atoms with Crippen LogP contribution in [-0.4, -0.2) is 18.5 Å². The van der Waals surface area contributed by atoms with Gasteiger partial charge >= 0.3 is 5.97 Å². The van der Waals surface area contributed by atoms with Crippen LogP contribution in [0.4, 0.5) is 0 Å². The number of cyclic esters (lactones) is 1. The Hall–Kier alpha value is -1.06. The summed E-state index contributed by atoms with van der Waals surface area (Å²) < 4.78 is 10.3. The second kappa shape index (κ2) is 3.98. The van der Waals surface area contributed by atoms with Crippen molar-refractivity contribution in [3.05, 3.63) is 35.4 Å². The van der Waals surface area contributed by atoms with Gasteiger partial charge in [0.25, 0.3) is 0 Å². The van der Waals surface area contributed by atoms with E-state index in [9.17, 15) is 4.79 Å². The van der Waals surface area contributed by atoms with E-state index in [2.05, 4.69) is 0 Å². The average Bonchev–Trinajstić information content (AvgIpc) is 2.54.